The fourth-order valence-corrected chi connectivity index (χ4v) is 2.20. The van der Waals surface area contributed by atoms with Crippen molar-refractivity contribution in [1.82, 2.24) is 14.8 Å². The molecule has 1 aromatic heterocycles. The number of nitrogens with one attached hydrogen (secondary N) is 1. The molecule has 0 spiro atoms. The Balaban J connectivity index is 2.08. The smallest absolute Gasteiger partial charge is 0.151 e. The summed E-state index contributed by atoms with van der Waals surface area (Å²) in [7, 11) is 1.91. The van der Waals surface area contributed by atoms with Crippen LogP contribution < -0.4 is 5.32 Å². The van der Waals surface area contributed by atoms with Crippen LogP contribution in [0.3, 0.4) is 0 Å². The number of benzene rings is 1. The molecule has 0 aliphatic carbocycles. The van der Waals surface area contributed by atoms with Gasteiger partial charge in [0.05, 0.1) is 17.3 Å². The number of aromatic nitrogens is 3. The summed E-state index contributed by atoms with van der Waals surface area (Å²) in [6, 6.07) is 5.88. The van der Waals surface area contributed by atoms with Crippen LogP contribution in [0.4, 0.5) is 5.69 Å². The molecule has 0 bridgehead atoms. The first kappa shape index (κ1) is 11.7. The number of nitrogens with zero attached hydrogens (tertiary/aromatic N) is 3. The minimum Gasteiger partial charge on any atom is -0.377 e. The van der Waals surface area contributed by atoms with Gasteiger partial charge >= 0.3 is 0 Å². The third-order valence-electron chi connectivity index (χ3n) is 2.17. The van der Waals surface area contributed by atoms with Crippen LogP contribution in [0.5, 0.6) is 0 Å². The van der Waals surface area contributed by atoms with Gasteiger partial charge in [-0.2, -0.15) is 0 Å². The second-order valence-corrected chi connectivity index (χ2v) is 4.99. The number of halogens is 2. The molecule has 0 fully saturated rings. The van der Waals surface area contributed by atoms with Crippen molar-refractivity contribution < 1.29 is 0 Å². The number of rotatable bonds is 3. The second-order valence-electron chi connectivity index (χ2n) is 3.34. The molecular formula is C10H10ClIN4. The molecule has 4 nitrogen and oxygen atoms in total. The maximum Gasteiger partial charge on any atom is 0.151 e. The Bertz CT molecular complexity index is 497. The number of aryl methyl sites for hydroxylation is 1. The van der Waals surface area contributed by atoms with Gasteiger partial charge in [0.25, 0.3) is 0 Å². The lowest BCUT2D eigenvalue weighted by Gasteiger charge is -2.07. The van der Waals surface area contributed by atoms with Gasteiger partial charge in [0.1, 0.15) is 6.33 Å². The third-order valence-corrected chi connectivity index (χ3v) is 3.16. The molecule has 2 rings (SSSR count). The first-order chi connectivity index (χ1) is 7.66. The van der Waals surface area contributed by atoms with Crippen molar-refractivity contribution in [3.05, 3.63) is 38.9 Å². The van der Waals surface area contributed by atoms with Crippen LogP contribution in [-0.4, -0.2) is 14.8 Å². The van der Waals surface area contributed by atoms with Crippen LogP contribution in [-0.2, 0) is 13.6 Å². The van der Waals surface area contributed by atoms with Crippen LogP contribution in [0, 0.1) is 3.57 Å². The number of anilines is 1. The molecule has 1 heterocycles. The van der Waals surface area contributed by atoms with Crippen molar-refractivity contribution >= 4 is 39.9 Å². The van der Waals surface area contributed by atoms with Crippen molar-refractivity contribution in [2.24, 2.45) is 7.05 Å². The van der Waals surface area contributed by atoms with Crippen molar-refractivity contribution in [2.75, 3.05) is 5.32 Å². The van der Waals surface area contributed by atoms with Crippen LogP contribution in [0.25, 0.3) is 0 Å². The first-order valence-electron chi connectivity index (χ1n) is 4.68. The first-order valence-corrected chi connectivity index (χ1v) is 6.14. The zero-order valence-corrected chi connectivity index (χ0v) is 11.5. The summed E-state index contributed by atoms with van der Waals surface area (Å²) >= 11 is 8.33. The molecule has 0 saturated heterocycles. The Morgan fingerprint density at radius 2 is 2.31 bits per heavy atom. The largest absolute Gasteiger partial charge is 0.377 e. The van der Waals surface area contributed by atoms with Crippen molar-refractivity contribution in [1.29, 1.82) is 0 Å². The molecule has 6 heteroatoms. The fraction of sp³-hybridized carbons (Fsp3) is 0.200. The summed E-state index contributed by atoms with van der Waals surface area (Å²) in [5.74, 6) is 0.870. The summed E-state index contributed by atoms with van der Waals surface area (Å²) < 4.78 is 2.99. The number of hydrogen-bond acceptors (Lipinski definition) is 3. The van der Waals surface area contributed by atoms with Gasteiger partial charge in [0.2, 0.25) is 0 Å². The monoisotopic (exact) mass is 348 g/mol. The van der Waals surface area contributed by atoms with E-state index in [0.717, 1.165) is 15.1 Å². The van der Waals surface area contributed by atoms with E-state index in [1.54, 1.807) is 6.33 Å². The van der Waals surface area contributed by atoms with E-state index in [0.29, 0.717) is 11.6 Å². The highest BCUT2D eigenvalue weighted by atomic mass is 127. The van der Waals surface area contributed by atoms with Gasteiger partial charge in [-0.15, -0.1) is 10.2 Å². The van der Waals surface area contributed by atoms with Gasteiger partial charge in [-0.3, -0.25) is 0 Å². The van der Waals surface area contributed by atoms with Gasteiger partial charge in [-0.05, 0) is 40.8 Å². The maximum atomic E-state index is 6.10. The molecule has 0 unspecified atom stereocenters. The lowest BCUT2D eigenvalue weighted by Crippen LogP contribution is -2.05. The standard InChI is InChI=1S/C10H10ClIN4/c1-16-6-14-15-10(16)5-13-9-3-2-7(12)4-8(9)11/h2-4,6,13H,5H2,1H3. The maximum absolute atomic E-state index is 6.10. The summed E-state index contributed by atoms with van der Waals surface area (Å²) in [5.41, 5.74) is 0.907. The summed E-state index contributed by atoms with van der Waals surface area (Å²) in [5, 5.41) is 11.7. The normalized spacial score (nSPS) is 10.4. The second kappa shape index (κ2) is 5.01. The Labute approximate surface area is 112 Å². The Kier molecular flexibility index (Phi) is 3.65. The third kappa shape index (κ3) is 2.65. The van der Waals surface area contributed by atoms with E-state index in [4.69, 9.17) is 11.6 Å². The van der Waals surface area contributed by atoms with E-state index in [1.165, 1.54) is 0 Å². The predicted molar refractivity (Wildman–Crippen MR) is 72.5 cm³/mol. The summed E-state index contributed by atoms with van der Waals surface area (Å²) in [4.78, 5) is 0. The molecule has 1 aromatic carbocycles. The van der Waals surface area contributed by atoms with E-state index >= 15 is 0 Å². The molecule has 0 aliphatic heterocycles. The van der Waals surface area contributed by atoms with Gasteiger partial charge in [0.15, 0.2) is 5.82 Å². The average molecular weight is 349 g/mol. The highest BCUT2D eigenvalue weighted by molar-refractivity contribution is 14.1. The predicted octanol–water partition coefficient (Wildman–Crippen LogP) is 2.69. The summed E-state index contributed by atoms with van der Waals surface area (Å²) in [6.45, 7) is 0.608. The van der Waals surface area contributed by atoms with Crippen LogP contribution in [0.1, 0.15) is 5.82 Å². The van der Waals surface area contributed by atoms with Gasteiger partial charge in [0, 0.05) is 10.6 Å². The average Bonchev–Trinajstić information content (AvgIpc) is 2.63. The molecule has 84 valence electrons. The Morgan fingerprint density at radius 3 is 2.94 bits per heavy atom. The zero-order valence-electron chi connectivity index (χ0n) is 8.61. The molecule has 0 radical (unpaired) electrons. The molecule has 0 amide bonds. The lowest BCUT2D eigenvalue weighted by atomic mass is 10.3. The van der Waals surface area contributed by atoms with E-state index in [2.05, 4.69) is 38.1 Å². The molecular weight excluding hydrogens is 338 g/mol. The quantitative estimate of drug-likeness (QED) is 0.867. The molecule has 2 aromatic rings. The van der Waals surface area contributed by atoms with E-state index in [-0.39, 0.29) is 0 Å². The fourth-order valence-electron chi connectivity index (χ4n) is 1.27. The van der Waals surface area contributed by atoms with Gasteiger partial charge in [-0.1, -0.05) is 11.6 Å². The minimum atomic E-state index is 0.608. The lowest BCUT2D eigenvalue weighted by molar-refractivity contribution is 0.812. The Hall–Kier alpha value is -0.820. The zero-order chi connectivity index (χ0) is 11.5. The molecule has 0 aliphatic rings. The van der Waals surface area contributed by atoms with E-state index < -0.39 is 0 Å². The van der Waals surface area contributed by atoms with Crippen molar-refractivity contribution in [2.45, 2.75) is 6.54 Å². The van der Waals surface area contributed by atoms with Gasteiger partial charge in [-0.25, -0.2) is 0 Å². The van der Waals surface area contributed by atoms with Crippen LogP contribution in [0.15, 0.2) is 24.5 Å². The molecule has 0 atom stereocenters. The number of hydrogen-bond donors (Lipinski definition) is 1. The van der Waals surface area contributed by atoms with Crippen LogP contribution in [0.2, 0.25) is 5.02 Å². The topological polar surface area (TPSA) is 42.7 Å². The SMILES string of the molecule is Cn1cnnc1CNc1ccc(I)cc1Cl. The minimum absolute atomic E-state index is 0.608. The molecule has 16 heavy (non-hydrogen) atoms. The van der Waals surface area contributed by atoms with E-state index in [9.17, 15) is 0 Å². The van der Waals surface area contributed by atoms with Gasteiger partial charge < -0.3 is 9.88 Å². The summed E-state index contributed by atoms with van der Waals surface area (Å²) in [6.07, 6.45) is 1.67. The Morgan fingerprint density at radius 1 is 1.50 bits per heavy atom. The van der Waals surface area contributed by atoms with Crippen LogP contribution >= 0.6 is 34.2 Å². The van der Waals surface area contributed by atoms with Crippen molar-refractivity contribution in [3.8, 4) is 0 Å². The van der Waals surface area contributed by atoms with E-state index in [1.807, 2.05) is 29.8 Å². The molecule has 0 saturated carbocycles. The molecule has 1 N–H and O–H groups in total. The van der Waals surface area contributed by atoms with Crippen molar-refractivity contribution in [3.63, 3.8) is 0 Å². The highest BCUT2D eigenvalue weighted by Crippen LogP contribution is 2.24. The highest BCUT2D eigenvalue weighted by Gasteiger charge is 2.03.